The van der Waals surface area contributed by atoms with Crippen LogP contribution in [-0.4, -0.2) is 54.0 Å². The number of esters is 1. The Balaban J connectivity index is 2.12. The van der Waals surface area contributed by atoms with Crippen LogP contribution in [-0.2, 0) is 14.3 Å². The second-order valence-corrected chi connectivity index (χ2v) is 6.94. The minimum Gasteiger partial charge on any atom is -0.465 e. The number of nitrogens with zero attached hydrogens (tertiary/aromatic N) is 2. The summed E-state index contributed by atoms with van der Waals surface area (Å²) >= 11 is 0. The van der Waals surface area contributed by atoms with Crippen LogP contribution in [0, 0.1) is 0 Å². The van der Waals surface area contributed by atoms with E-state index in [0.717, 1.165) is 31.4 Å². The van der Waals surface area contributed by atoms with Gasteiger partial charge >= 0.3 is 5.97 Å². The number of likely N-dealkylation sites (tertiary alicyclic amines) is 1. The van der Waals surface area contributed by atoms with Gasteiger partial charge in [-0.15, -0.1) is 0 Å². The molecule has 0 unspecified atom stereocenters. The zero-order chi connectivity index (χ0) is 18.9. The van der Waals surface area contributed by atoms with Gasteiger partial charge in [-0.2, -0.15) is 0 Å². The van der Waals surface area contributed by atoms with E-state index in [1.54, 1.807) is 6.92 Å². The molecule has 5 heteroatoms. The Hall–Kier alpha value is -1.88. The third kappa shape index (κ3) is 5.56. The molecule has 1 amide bonds. The van der Waals surface area contributed by atoms with Crippen molar-refractivity contribution in [1.82, 2.24) is 9.80 Å². The molecule has 1 aliphatic rings. The molecule has 1 heterocycles. The standard InChI is InChI=1S/C21H32N2O3/c1-4-19-13-9-10-14-23(19)20(24)15-22(16-21(25)26-5-2)17(3)18-11-7-6-8-12-18/h6-8,11-12,17,19H,4-5,9-10,13-16H2,1-3H3/t17-,19-/m0/s1. The molecular weight excluding hydrogens is 328 g/mol. The summed E-state index contributed by atoms with van der Waals surface area (Å²) in [6, 6.07) is 10.3. The summed E-state index contributed by atoms with van der Waals surface area (Å²) in [6.07, 6.45) is 4.32. The van der Waals surface area contributed by atoms with Gasteiger partial charge < -0.3 is 9.64 Å². The van der Waals surface area contributed by atoms with Crippen LogP contribution in [0.5, 0.6) is 0 Å². The van der Waals surface area contributed by atoms with Crippen molar-refractivity contribution in [2.75, 3.05) is 26.2 Å². The first-order chi connectivity index (χ1) is 12.6. The molecule has 26 heavy (non-hydrogen) atoms. The summed E-state index contributed by atoms with van der Waals surface area (Å²) < 4.78 is 5.12. The molecule has 1 aromatic rings. The summed E-state index contributed by atoms with van der Waals surface area (Å²) in [4.78, 5) is 29.0. The fourth-order valence-electron chi connectivity index (χ4n) is 3.66. The summed E-state index contributed by atoms with van der Waals surface area (Å²) in [7, 11) is 0. The zero-order valence-corrected chi connectivity index (χ0v) is 16.3. The number of carbonyl (C=O) groups is 2. The number of hydrogen-bond acceptors (Lipinski definition) is 4. The summed E-state index contributed by atoms with van der Waals surface area (Å²) in [6.45, 7) is 7.52. The van der Waals surface area contributed by atoms with Crippen LogP contribution < -0.4 is 0 Å². The van der Waals surface area contributed by atoms with E-state index >= 15 is 0 Å². The zero-order valence-electron chi connectivity index (χ0n) is 16.3. The smallest absolute Gasteiger partial charge is 0.320 e. The number of carbonyl (C=O) groups excluding carboxylic acids is 2. The van der Waals surface area contributed by atoms with Gasteiger partial charge in [-0.1, -0.05) is 37.3 Å². The first-order valence-corrected chi connectivity index (χ1v) is 9.80. The highest BCUT2D eigenvalue weighted by atomic mass is 16.5. The van der Waals surface area contributed by atoms with Crippen molar-refractivity contribution in [2.24, 2.45) is 0 Å². The maximum Gasteiger partial charge on any atom is 0.320 e. The van der Waals surface area contributed by atoms with E-state index in [9.17, 15) is 9.59 Å². The minimum atomic E-state index is -0.284. The van der Waals surface area contributed by atoms with E-state index < -0.39 is 0 Å². The molecule has 0 N–H and O–H groups in total. The number of amides is 1. The second kappa shape index (κ2) is 10.3. The predicted molar refractivity (Wildman–Crippen MR) is 103 cm³/mol. The molecule has 0 aromatic heterocycles. The second-order valence-electron chi connectivity index (χ2n) is 6.94. The monoisotopic (exact) mass is 360 g/mol. The predicted octanol–water partition coefficient (Wildman–Crippen LogP) is 3.40. The summed E-state index contributed by atoms with van der Waals surface area (Å²) in [5.41, 5.74) is 1.09. The molecule has 2 rings (SSSR count). The molecule has 1 saturated heterocycles. The highest BCUT2D eigenvalue weighted by Gasteiger charge is 2.29. The highest BCUT2D eigenvalue weighted by Crippen LogP contribution is 2.23. The SMILES string of the molecule is CCOC(=O)CN(CC(=O)N1CCCC[C@@H]1CC)[C@@H](C)c1ccccc1. The topological polar surface area (TPSA) is 49.9 Å². The van der Waals surface area contributed by atoms with E-state index in [4.69, 9.17) is 4.74 Å². The fraction of sp³-hybridized carbons (Fsp3) is 0.619. The molecule has 0 radical (unpaired) electrons. The van der Waals surface area contributed by atoms with Crippen LogP contribution >= 0.6 is 0 Å². The molecule has 5 nitrogen and oxygen atoms in total. The Kier molecular flexibility index (Phi) is 8.10. The molecule has 144 valence electrons. The third-order valence-corrected chi connectivity index (χ3v) is 5.22. The first kappa shape index (κ1) is 20.4. The Labute approximate surface area is 157 Å². The van der Waals surface area contributed by atoms with Gasteiger partial charge in [0.05, 0.1) is 19.7 Å². The Morgan fingerprint density at radius 2 is 1.92 bits per heavy atom. The Bertz CT molecular complexity index is 576. The van der Waals surface area contributed by atoms with Crippen LogP contribution in [0.25, 0.3) is 0 Å². The lowest BCUT2D eigenvalue weighted by Crippen LogP contribution is -2.49. The van der Waals surface area contributed by atoms with Gasteiger partial charge in [0.15, 0.2) is 0 Å². The van der Waals surface area contributed by atoms with E-state index in [-0.39, 0.29) is 31.0 Å². The van der Waals surface area contributed by atoms with E-state index in [0.29, 0.717) is 12.6 Å². The van der Waals surface area contributed by atoms with E-state index in [1.165, 1.54) is 6.42 Å². The molecular formula is C21H32N2O3. The minimum absolute atomic E-state index is 0.0329. The first-order valence-electron chi connectivity index (χ1n) is 9.80. The van der Waals surface area contributed by atoms with Gasteiger partial charge in [-0.3, -0.25) is 14.5 Å². The molecule has 2 atom stereocenters. The maximum atomic E-state index is 13.0. The number of hydrogen-bond donors (Lipinski definition) is 0. The van der Waals surface area contributed by atoms with Crippen LogP contribution in [0.2, 0.25) is 0 Å². The largest absolute Gasteiger partial charge is 0.465 e. The number of benzene rings is 1. The van der Waals surface area contributed by atoms with E-state index in [2.05, 4.69) is 6.92 Å². The normalized spacial score (nSPS) is 18.6. The van der Waals surface area contributed by atoms with Crippen molar-refractivity contribution >= 4 is 11.9 Å². The fourth-order valence-corrected chi connectivity index (χ4v) is 3.66. The summed E-state index contributed by atoms with van der Waals surface area (Å²) in [5.74, 6) is -0.169. The van der Waals surface area contributed by atoms with Gasteiger partial charge in [-0.25, -0.2) is 0 Å². The average Bonchev–Trinajstić information content (AvgIpc) is 2.67. The van der Waals surface area contributed by atoms with Gasteiger partial charge in [0.2, 0.25) is 5.91 Å². The van der Waals surface area contributed by atoms with Gasteiger partial charge in [0.1, 0.15) is 0 Å². The Morgan fingerprint density at radius 1 is 1.19 bits per heavy atom. The molecule has 1 aliphatic heterocycles. The maximum absolute atomic E-state index is 13.0. The van der Waals surface area contributed by atoms with Crippen molar-refractivity contribution in [3.8, 4) is 0 Å². The van der Waals surface area contributed by atoms with Crippen molar-refractivity contribution < 1.29 is 14.3 Å². The van der Waals surface area contributed by atoms with Crippen molar-refractivity contribution in [1.29, 1.82) is 0 Å². The molecule has 0 spiro atoms. The quantitative estimate of drug-likeness (QED) is 0.667. The number of ether oxygens (including phenoxy) is 1. The van der Waals surface area contributed by atoms with Crippen LogP contribution in [0.3, 0.4) is 0 Å². The number of rotatable bonds is 8. The van der Waals surface area contributed by atoms with Crippen LogP contribution in [0.4, 0.5) is 0 Å². The molecule has 0 aliphatic carbocycles. The molecule has 1 aromatic carbocycles. The van der Waals surface area contributed by atoms with Crippen LogP contribution in [0.15, 0.2) is 30.3 Å². The lowest BCUT2D eigenvalue weighted by atomic mass is 10.00. The Morgan fingerprint density at radius 3 is 2.58 bits per heavy atom. The van der Waals surface area contributed by atoms with Gasteiger partial charge in [0, 0.05) is 18.6 Å². The van der Waals surface area contributed by atoms with Crippen molar-refractivity contribution in [2.45, 2.75) is 58.5 Å². The van der Waals surface area contributed by atoms with E-state index in [1.807, 2.05) is 47.1 Å². The molecule has 1 fully saturated rings. The molecule has 0 saturated carbocycles. The molecule has 0 bridgehead atoms. The highest BCUT2D eigenvalue weighted by molar-refractivity contribution is 5.80. The van der Waals surface area contributed by atoms with Gasteiger partial charge in [-0.05, 0) is 45.1 Å². The van der Waals surface area contributed by atoms with Crippen molar-refractivity contribution in [3.05, 3.63) is 35.9 Å². The average molecular weight is 360 g/mol. The van der Waals surface area contributed by atoms with Crippen molar-refractivity contribution in [3.63, 3.8) is 0 Å². The van der Waals surface area contributed by atoms with Gasteiger partial charge in [0.25, 0.3) is 0 Å². The van der Waals surface area contributed by atoms with Crippen LogP contribution in [0.1, 0.15) is 58.1 Å². The summed E-state index contributed by atoms with van der Waals surface area (Å²) in [5, 5.41) is 0. The lowest BCUT2D eigenvalue weighted by molar-refractivity contribution is -0.146. The third-order valence-electron chi connectivity index (χ3n) is 5.22. The number of piperidine rings is 1. The lowest BCUT2D eigenvalue weighted by Gasteiger charge is -2.37.